The molecule has 2 N–H and O–H groups in total. The number of rotatable bonds is 4. The number of ether oxygens (including phenoxy) is 1. The zero-order valence-corrected chi connectivity index (χ0v) is 18.5. The average molecular weight is 451 g/mol. The van der Waals surface area contributed by atoms with E-state index >= 15 is 0 Å². The Kier molecular flexibility index (Phi) is 5.97. The van der Waals surface area contributed by atoms with Crippen LogP contribution in [0.25, 0.3) is 0 Å². The van der Waals surface area contributed by atoms with Gasteiger partial charge in [-0.05, 0) is 42.6 Å². The molecule has 1 saturated heterocycles. The second-order valence-electron chi connectivity index (χ2n) is 7.29. The number of dihydropyridines is 1. The number of aliphatic imine (C=N–C) groups is 2. The molecule has 7 nitrogen and oxygen atoms in total. The topological polar surface area (TPSA) is 74.1 Å². The molecule has 3 aliphatic rings. The SMILES string of the molecule is S=C(Nc1ccc(N2CCOCC2)nc1)Nc1cccc(C2=NC3=CC=NCC3S2)c1. The van der Waals surface area contributed by atoms with Crippen molar-refractivity contribution < 1.29 is 4.74 Å². The molecule has 0 amide bonds. The highest BCUT2D eigenvalue weighted by atomic mass is 32.2. The van der Waals surface area contributed by atoms with E-state index < -0.39 is 0 Å². The molecule has 1 unspecified atom stereocenters. The van der Waals surface area contributed by atoms with Crippen LogP contribution in [0.3, 0.4) is 0 Å². The molecule has 0 spiro atoms. The Bertz CT molecular complexity index is 1060. The Labute approximate surface area is 190 Å². The summed E-state index contributed by atoms with van der Waals surface area (Å²) in [5, 5.41) is 8.32. The molecule has 0 bridgehead atoms. The van der Waals surface area contributed by atoms with E-state index in [0.717, 1.165) is 66.3 Å². The number of thiocarbonyl (C=S) groups is 1. The van der Waals surface area contributed by atoms with E-state index in [-0.39, 0.29) is 0 Å². The van der Waals surface area contributed by atoms with Gasteiger partial charge in [-0.25, -0.2) is 9.98 Å². The van der Waals surface area contributed by atoms with Crippen LogP contribution in [0.1, 0.15) is 5.56 Å². The van der Waals surface area contributed by atoms with Crippen molar-refractivity contribution in [3.8, 4) is 0 Å². The number of nitrogens with one attached hydrogen (secondary N) is 2. The third-order valence-corrected chi connectivity index (χ3v) is 6.57. The number of hydrogen-bond acceptors (Lipinski definition) is 7. The number of morpholine rings is 1. The predicted octanol–water partition coefficient (Wildman–Crippen LogP) is 3.56. The molecule has 1 fully saturated rings. The van der Waals surface area contributed by atoms with Crippen LogP contribution in [0.2, 0.25) is 0 Å². The van der Waals surface area contributed by atoms with Crippen molar-refractivity contribution >= 4 is 57.5 Å². The maximum atomic E-state index is 5.50. The van der Waals surface area contributed by atoms with Crippen molar-refractivity contribution in [3.63, 3.8) is 0 Å². The minimum atomic E-state index is 0.326. The van der Waals surface area contributed by atoms with E-state index in [1.165, 1.54) is 0 Å². The fraction of sp³-hybridized carbons (Fsp3) is 0.273. The van der Waals surface area contributed by atoms with E-state index in [9.17, 15) is 0 Å². The van der Waals surface area contributed by atoms with Crippen molar-refractivity contribution in [2.75, 3.05) is 48.4 Å². The first-order chi connectivity index (χ1) is 15.2. The lowest BCUT2D eigenvalue weighted by Gasteiger charge is -2.27. The molecular formula is C22H22N6OS2. The van der Waals surface area contributed by atoms with Gasteiger partial charge in [-0.2, -0.15) is 0 Å². The lowest BCUT2D eigenvalue weighted by molar-refractivity contribution is 0.122. The van der Waals surface area contributed by atoms with E-state index in [1.54, 1.807) is 18.0 Å². The van der Waals surface area contributed by atoms with Gasteiger partial charge < -0.3 is 20.3 Å². The summed E-state index contributed by atoms with van der Waals surface area (Å²) in [5.41, 5.74) is 3.93. The predicted molar refractivity (Wildman–Crippen MR) is 133 cm³/mol. The quantitative estimate of drug-likeness (QED) is 0.690. The highest BCUT2D eigenvalue weighted by molar-refractivity contribution is 8.15. The van der Waals surface area contributed by atoms with E-state index in [4.69, 9.17) is 21.9 Å². The molecule has 5 rings (SSSR count). The fourth-order valence-corrected chi connectivity index (χ4v) is 4.91. The Balaban J connectivity index is 1.21. The number of aromatic nitrogens is 1. The molecule has 1 aromatic carbocycles. The molecule has 2 aromatic rings. The van der Waals surface area contributed by atoms with Gasteiger partial charge in [-0.1, -0.05) is 23.9 Å². The molecule has 0 radical (unpaired) electrons. The standard InChI is InChI=1S/C22H22N6OS2/c30-22(26-17-4-5-20(24-13-17)28-8-10-29-11-9-28)25-16-3-1-2-15(12-16)21-27-18-6-7-23-14-19(18)31-21/h1-7,12-13,19H,8-11,14H2,(H2,25,26,30). The monoisotopic (exact) mass is 450 g/mol. The largest absolute Gasteiger partial charge is 0.378 e. The first-order valence-corrected chi connectivity index (χ1v) is 11.5. The Hall–Kier alpha value is -2.75. The van der Waals surface area contributed by atoms with Crippen molar-refractivity contribution in [1.29, 1.82) is 0 Å². The van der Waals surface area contributed by atoms with Crippen molar-refractivity contribution in [3.05, 3.63) is 59.9 Å². The maximum Gasteiger partial charge on any atom is 0.175 e. The number of thioether (sulfide) groups is 1. The normalized spacial score (nSPS) is 20.0. The zero-order chi connectivity index (χ0) is 21.0. The van der Waals surface area contributed by atoms with Gasteiger partial charge in [0.05, 0.1) is 42.6 Å². The third-order valence-electron chi connectivity index (χ3n) is 5.14. The van der Waals surface area contributed by atoms with Crippen LogP contribution in [0, 0.1) is 0 Å². The summed E-state index contributed by atoms with van der Waals surface area (Å²) in [4.78, 5) is 15.9. The second-order valence-corrected chi connectivity index (χ2v) is 8.89. The van der Waals surface area contributed by atoms with Gasteiger partial charge in [0.25, 0.3) is 0 Å². The summed E-state index contributed by atoms with van der Waals surface area (Å²) in [5.74, 6) is 0.955. The summed E-state index contributed by atoms with van der Waals surface area (Å²) >= 11 is 7.26. The lowest BCUT2D eigenvalue weighted by Crippen LogP contribution is -2.36. The molecule has 9 heteroatoms. The minimum absolute atomic E-state index is 0.326. The molecule has 31 heavy (non-hydrogen) atoms. The Morgan fingerprint density at radius 2 is 2.00 bits per heavy atom. The van der Waals surface area contributed by atoms with Crippen LogP contribution in [-0.2, 0) is 4.74 Å². The average Bonchev–Trinajstić information content (AvgIpc) is 3.25. The van der Waals surface area contributed by atoms with Crippen molar-refractivity contribution in [1.82, 2.24) is 4.98 Å². The zero-order valence-electron chi connectivity index (χ0n) is 16.8. The number of anilines is 3. The number of fused-ring (bicyclic) bond motifs is 1. The second kappa shape index (κ2) is 9.17. The molecular weight excluding hydrogens is 428 g/mol. The molecule has 0 aliphatic carbocycles. The maximum absolute atomic E-state index is 5.50. The first kappa shape index (κ1) is 20.2. The van der Waals surface area contributed by atoms with Gasteiger partial charge in [0.15, 0.2) is 5.11 Å². The first-order valence-electron chi connectivity index (χ1n) is 10.2. The van der Waals surface area contributed by atoms with Crippen LogP contribution in [0.15, 0.2) is 64.4 Å². The molecule has 158 valence electrons. The molecule has 1 atom stereocenters. The molecule has 3 aliphatic heterocycles. The van der Waals surface area contributed by atoms with E-state index in [0.29, 0.717) is 10.4 Å². The van der Waals surface area contributed by atoms with Gasteiger partial charge in [-0.15, -0.1) is 0 Å². The van der Waals surface area contributed by atoms with Gasteiger partial charge >= 0.3 is 0 Å². The van der Waals surface area contributed by atoms with Crippen molar-refractivity contribution in [2.24, 2.45) is 9.98 Å². The number of pyridine rings is 1. The highest BCUT2D eigenvalue weighted by Crippen LogP contribution is 2.34. The van der Waals surface area contributed by atoms with Gasteiger partial charge in [-0.3, -0.25) is 4.99 Å². The molecule has 4 heterocycles. The van der Waals surface area contributed by atoms with Crippen LogP contribution < -0.4 is 15.5 Å². The van der Waals surface area contributed by atoms with Gasteiger partial charge in [0.2, 0.25) is 0 Å². The number of allylic oxidation sites excluding steroid dienone is 1. The number of nitrogens with zero attached hydrogens (tertiary/aromatic N) is 4. The Morgan fingerprint density at radius 1 is 1.13 bits per heavy atom. The Morgan fingerprint density at radius 3 is 2.81 bits per heavy atom. The van der Waals surface area contributed by atoms with Crippen LogP contribution in [0.5, 0.6) is 0 Å². The van der Waals surface area contributed by atoms with Crippen LogP contribution in [0.4, 0.5) is 17.2 Å². The number of hydrogen-bond donors (Lipinski definition) is 2. The lowest BCUT2D eigenvalue weighted by atomic mass is 10.2. The third kappa shape index (κ3) is 4.79. The van der Waals surface area contributed by atoms with E-state index in [1.807, 2.05) is 36.6 Å². The summed E-state index contributed by atoms with van der Waals surface area (Å²) < 4.78 is 5.40. The van der Waals surface area contributed by atoms with Gasteiger partial charge in [0, 0.05) is 30.6 Å². The van der Waals surface area contributed by atoms with Crippen LogP contribution in [-0.4, -0.2) is 59.5 Å². The summed E-state index contributed by atoms with van der Waals surface area (Å²) in [6.07, 6.45) is 5.63. The van der Waals surface area contributed by atoms with E-state index in [2.05, 4.69) is 37.6 Å². The number of benzene rings is 1. The van der Waals surface area contributed by atoms with Crippen LogP contribution >= 0.6 is 24.0 Å². The summed E-state index contributed by atoms with van der Waals surface area (Å²) in [6, 6.07) is 12.1. The van der Waals surface area contributed by atoms with Crippen molar-refractivity contribution in [2.45, 2.75) is 5.25 Å². The summed E-state index contributed by atoms with van der Waals surface area (Å²) in [7, 11) is 0. The highest BCUT2D eigenvalue weighted by Gasteiger charge is 2.26. The molecule has 1 aromatic heterocycles. The smallest absolute Gasteiger partial charge is 0.175 e. The van der Waals surface area contributed by atoms with Gasteiger partial charge in [0.1, 0.15) is 10.9 Å². The minimum Gasteiger partial charge on any atom is -0.378 e. The summed E-state index contributed by atoms with van der Waals surface area (Å²) in [6.45, 7) is 4.00. The molecule has 0 saturated carbocycles. The fourth-order valence-electron chi connectivity index (χ4n) is 3.57.